The van der Waals surface area contributed by atoms with Crippen LogP contribution in [0.15, 0.2) is 146 Å². The van der Waals surface area contributed by atoms with E-state index in [1.165, 1.54) is 21.5 Å². The smallest absolute Gasteiger partial charge is 0.237 e. The van der Waals surface area contributed by atoms with E-state index in [9.17, 15) is 0 Å². The van der Waals surface area contributed by atoms with Crippen LogP contribution >= 0.6 is 0 Å². The molecule has 0 N–H and O–H groups in total. The largest absolute Gasteiger partial charge is 0.457 e. The molecule has 0 radical (unpaired) electrons. The van der Waals surface area contributed by atoms with E-state index in [0.29, 0.717) is 5.95 Å². The Kier molecular flexibility index (Phi) is 5.13. The van der Waals surface area contributed by atoms with Gasteiger partial charge in [-0.05, 0) is 48.5 Å². The first-order valence-electron chi connectivity index (χ1n) is 14.4. The molecule has 9 aromatic rings. The van der Waals surface area contributed by atoms with Crippen molar-refractivity contribution in [3.8, 4) is 23.3 Å². The molecule has 0 aliphatic heterocycles. The Morgan fingerprint density at radius 1 is 0.395 bits per heavy atom. The third-order valence-electron chi connectivity index (χ3n) is 8.19. The second-order valence-corrected chi connectivity index (χ2v) is 10.7. The van der Waals surface area contributed by atoms with Crippen molar-refractivity contribution < 1.29 is 4.74 Å². The first-order chi connectivity index (χ1) is 21.3. The molecular formula is C38H24N4O. The van der Waals surface area contributed by atoms with Gasteiger partial charge in [-0.25, -0.2) is 4.98 Å². The number of nitrogens with zero attached hydrogens (tertiary/aromatic N) is 4. The monoisotopic (exact) mass is 552 g/mol. The Morgan fingerprint density at radius 3 is 1.44 bits per heavy atom. The van der Waals surface area contributed by atoms with Crippen LogP contribution in [0, 0.1) is 0 Å². The lowest BCUT2D eigenvalue weighted by Crippen LogP contribution is -2.07. The predicted molar refractivity (Wildman–Crippen MR) is 175 cm³/mol. The molecule has 0 unspecified atom stereocenters. The molecule has 9 rings (SSSR count). The molecule has 0 fully saturated rings. The lowest BCUT2D eigenvalue weighted by molar-refractivity contribution is 0.483. The fourth-order valence-corrected chi connectivity index (χ4v) is 6.33. The van der Waals surface area contributed by atoms with Crippen LogP contribution in [-0.2, 0) is 0 Å². The van der Waals surface area contributed by atoms with Crippen molar-refractivity contribution in [3.63, 3.8) is 0 Å². The van der Waals surface area contributed by atoms with Gasteiger partial charge in [0.1, 0.15) is 11.5 Å². The summed E-state index contributed by atoms with van der Waals surface area (Å²) in [4.78, 5) is 10.6. The number of hydrogen-bond donors (Lipinski definition) is 0. The minimum Gasteiger partial charge on any atom is -0.457 e. The minimum atomic E-state index is 0.610. The molecule has 0 saturated heterocycles. The molecule has 0 aliphatic carbocycles. The highest BCUT2D eigenvalue weighted by Crippen LogP contribution is 2.37. The summed E-state index contributed by atoms with van der Waals surface area (Å²) in [6.45, 7) is 0. The molecule has 5 nitrogen and oxygen atoms in total. The molecule has 0 aliphatic rings. The summed E-state index contributed by atoms with van der Waals surface area (Å²) in [6.07, 6.45) is 0. The van der Waals surface area contributed by atoms with Gasteiger partial charge in [0, 0.05) is 33.0 Å². The zero-order valence-electron chi connectivity index (χ0n) is 23.1. The molecule has 5 heteroatoms. The summed E-state index contributed by atoms with van der Waals surface area (Å²) in [7, 11) is 0. The lowest BCUT2D eigenvalue weighted by Gasteiger charge is -2.15. The molecule has 3 aromatic heterocycles. The van der Waals surface area contributed by atoms with Gasteiger partial charge in [0.2, 0.25) is 5.95 Å². The average Bonchev–Trinajstić information content (AvgIpc) is 3.58. The summed E-state index contributed by atoms with van der Waals surface area (Å²) >= 11 is 0. The maximum atomic E-state index is 6.25. The van der Waals surface area contributed by atoms with Crippen molar-refractivity contribution in [1.82, 2.24) is 19.1 Å². The number of fused-ring (bicyclic) bond motifs is 7. The van der Waals surface area contributed by atoms with Crippen molar-refractivity contribution >= 4 is 54.5 Å². The van der Waals surface area contributed by atoms with Crippen LogP contribution in [-0.4, -0.2) is 19.1 Å². The number of benzene rings is 6. The Bertz CT molecular complexity index is 2380. The zero-order chi connectivity index (χ0) is 28.3. The van der Waals surface area contributed by atoms with E-state index in [0.717, 1.165) is 50.3 Å². The molecule has 43 heavy (non-hydrogen) atoms. The molecule has 0 saturated carbocycles. The number of rotatable bonds is 4. The van der Waals surface area contributed by atoms with E-state index in [2.05, 4.69) is 112 Å². The minimum absolute atomic E-state index is 0.610. The van der Waals surface area contributed by atoms with Crippen molar-refractivity contribution in [2.45, 2.75) is 0 Å². The Balaban J connectivity index is 1.39. The van der Waals surface area contributed by atoms with Crippen LogP contribution in [0.1, 0.15) is 0 Å². The Labute approximate surface area is 246 Å². The van der Waals surface area contributed by atoms with Crippen LogP contribution in [0.5, 0.6) is 11.5 Å². The van der Waals surface area contributed by atoms with Crippen molar-refractivity contribution in [2.24, 2.45) is 0 Å². The summed E-state index contributed by atoms with van der Waals surface area (Å²) < 4.78 is 10.7. The highest BCUT2D eigenvalue weighted by atomic mass is 16.5. The third kappa shape index (κ3) is 3.65. The third-order valence-corrected chi connectivity index (χ3v) is 8.19. The average molecular weight is 553 g/mol. The maximum Gasteiger partial charge on any atom is 0.237 e. The number of aromatic nitrogens is 4. The summed E-state index contributed by atoms with van der Waals surface area (Å²) in [5.74, 6) is 2.93. The van der Waals surface area contributed by atoms with E-state index >= 15 is 0 Å². The van der Waals surface area contributed by atoms with Crippen molar-refractivity contribution in [3.05, 3.63) is 146 Å². The first-order valence-corrected chi connectivity index (χ1v) is 14.4. The van der Waals surface area contributed by atoms with Gasteiger partial charge < -0.3 is 4.74 Å². The highest BCUT2D eigenvalue weighted by Gasteiger charge is 2.20. The lowest BCUT2D eigenvalue weighted by atomic mass is 10.2. The summed E-state index contributed by atoms with van der Waals surface area (Å²) in [5.41, 5.74) is 5.13. The molecule has 3 heterocycles. The molecule has 0 atom stereocenters. The molecule has 0 amide bonds. The fourth-order valence-electron chi connectivity index (χ4n) is 6.33. The van der Waals surface area contributed by atoms with Gasteiger partial charge in [-0.1, -0.05) is 91.0 Å². The van der Waals surface area contributed by atoms with Gasteiger partial charge in [-0.3, -0.25) is 9.13 Å². The summed E-state index contributed by atoms with van der Waals surface area (Å²) in [5, 5.41) is 5.65. The van der Waals surface area contributed by atoms with Crippen molar-refractivity contribution in [2.75, 3.05) is 0 Å². The standard InChI is InChI=1S/C38H24N4O/c1-2-12-25(13-3-1)43-26-22-23-31-32(24-26)39-38(42-35-20-10-6-16-29(35)30-17-7-11-21-36(30)42)40-37(31)41-33-18-8-4-14-27(33)28-15-5-9-19-34(28)41/h1-24H. The molecule has 0 spiro atoms. The SMILES string of the molecule is c1ccc(Oc2ccc3c(-n4c5ccccc5c5ccccc54)nc(-n4c5ccccc5c5ccccc54)nc3c2)cc1. The molecule has 202 valence electrons. The normalized spacial score (nSPS) is 11.7. The van der Waals surface area contributed by atoms with Crippen LogP contribution < -0.4 is 4.74 Å². The maximum absolute atomic E-state index is 6.25. The molecular weight excluding hydrogens is 528 g/mol. The molecule has 0 bridgehead atoms. The van der Waals surface area contributed by atoms with Crippen LogP contribution in [0.4, 0.5) is 0 Å². The van der Waals surface area contributed by atoms with E-state index in [-0.39, 0.29) is 0 Å². The summed E-state index contributed by atoms with van der Waals surface area (Å²) in [6, 6.07) is 49.8. The zero-order valence-corrected chi connectivity index (χ0v) is 23.1. The number of ether oxygens (including phenoxy) is 1. The first kappa shape index (κ1) is 23.7. The Morgan fingerprint density at radius 2 is 0.884 bits per heavy atom. The Hall–Kier alpha value is -5.94. The van der Waals surface area contributed by atoms with Crippen LogP contribution in [0.3, 0.4) is 0 Å². The van der Waals surface area contributed by atoms with E-state index in [4.69, 9.17) is 14.7 Å². The second kappa shape index (κ2) is 9.29. The topological polar surface area (TPSA) is 44.9 Å². The second-order valence-electron chi connectivity index (χ2n) is 10.7. The number of hydrogen-bond acceptors (Lipinski definition) is 3. The van der Waals surface area contributed by atoms with E-state index in [1.807, 2.05) is 42.5 Å². The van der Waals surface area contributed by atoms with Gasteiger partial charge in [-0.2, -0.15) is 4.98 Å². The van der Waals surface area contributed by atoms with Crippen molar-refractivity contribution in [1.29, 1.82) is 0 Å². The van der Waals surface area contributed by atoms with E-state index < -0.39 is 0 Å². The van der Waals surface area contributed by atoms with Crippen LogP contribution in [0.25, 0.3) is 66.3 Å². The van der Waals surface area contributed by atoms with Gasteiger partial charge >= 0.3 is 0 Å². The van der Waals surface area contributed by atoms with Crippen LogP contribution in [0.2, 0.25) is 0 Å². The quantitative estimate of drug-likeness (QED) is 0.218. The highest BCUT2D eigenvalue weighted by molar-refractivity contribution is 6.11. The number of para-hydroxylation sites is 5. The van der Waals surface area contributed by atoms with Gasteiger partial charge in [-0.15, -0.1) is 0 Å². The van der Waals surface area contributed by atoms with Gasteiger partial charge in [0.25, 0.3) is 0 Å². The fraction of sp³-hybridized carbons (Fsp3) is 0. The van der Waals surface area contributed by atoms with Gasteiger partial charge in [0.15, 0.2) is 5.82 Å². The molecule has 6 aromatic carbocycles. The van der Waals surface area contributed by atoms with E-state index in [1.54, 1.807) is 0 Å². The predicted octanol–water partition coefficient (Wildman–Crippen LogP) is 9.62. The van der Waals surface area contributed by atoms with Gasteiger partial charge in [0.05, 0.1) is 27.6 Å².